The van der Waals surface area contributed by atoms with E-state index in [4.69, 9.17) is 4.74 Å². The standard InChI is InChI=1S/C22H26FN5O2S/c1-14(16-5-3-6-17(23)13-16)24-22-26-19(20-21(27-22)25-15(2)31-20)18(29)7-4-8-28-9-11-30-12-10-28/h3,5-6,13-14H,4,7-12H2,1-2H3,(H,24,26,27)/t14-/m0/s1. The van der Waals surface area contributed by atoms with Crippen LogP contribution < -0.4 is 5.32 Å². The second-order valence-corrected chi connectivity index (χ2v) is 8.89. The van der Waals surface area contributed by atoms with Crippen molar-refractivity contribution in [2.24, 2.45) is 0 Å². The van der Waals surface area contributed by atoms with Crippen molar-refractivity contribution in [2.75, 3.05) is 38.2 Å². The van der Waals surface area contributed by atoms with Crippen molar-refractivity contribution >= 4 is 33.4 Å². The molecule has 0 radical (unpaired) electrons. The summed E-state index contributed by atoms with van der Waals surface area (Å²) in [7, 11) is 0. The number of morpholine rings is 1. The van der Waals surface area contributed by atoms with Crippen LogP contribution in [0.2, 0.25) is 0 Å². The fraction of sp³-hybridized carbons (Fsp3) is 0.455. The third-order valence-electron chi connectivity index (χ3n) is 5.30. The first-order valence-corrected chi connectivity index (χ1v) is 11.3. The van der Waals surface area contributed by atoms with Gasteiger partial charge in [0.2, 0.25) is 5.95 Å². The Kier molecular flexibility index (Phi) is 6.84. The van der Waals surface area contributed by atoms with E-state index < -0.39 is 0 Å². The number of nitrogens with zero attached hydrogens (tertiary/aromatic N) is 4. The molecule has 0 bridgehead atoms. The third kappa shape index (κ3) is 5.41. The number of carbonyl (C=O) groups is 1. The van der Waals surface area contributed by atoms with Crippen LogP contribution in [0.4, 0.5) is 10.3 Å². The van der Waals surface area contributed by atoms with Crippen LogP contribution >= 0.6 is 11.3 Å². The maximum Gasteiger partial charge on any atom is 0.225 e. The highest BCUT2D eigenvalue weighted by Crippen LogP contribution is 2.27. The molecule has 3 aromatic rings. The maximum atomic E-state index is 13.6. The lowest BCUT2D eigenvalue weighted by Crippen LogP contribution is -2.36. The Morgan fingerprint density at radius 3 is 2.87 bits per heavy atom. The number of halogens is 1. The molecule has 1 N–H and O–H groups in total. The Balaban J connectivity index is 1.50. The zero-order valence-corrected chi connectivity index (χ0v) is 18.5. The Bertz CT molecular complexity index is 1070. The van der Waals surface area contributed by atoms with Gasteiger partial charge in [-0.2, -0.15) is 4.98 Å². The van der Waals surface area contributed by atoms with E-state index in [0.717, 1.165) is 54.5 Å². The number of carbonyl (C=O) groups excluding carboxylic acids is 1. The number of ether oxygens (including phenoxy) is 1. The number of hydrogen-bond acceptors (Lipinski definition) is 8. The molecule has 3 heterocycles. The summed E-state index contributed by atoms with van der Waals surface area (Å²) in [6, 6.07) is 6.16. The first kappa shape index (κ1) is 21.7. The molecule has 1 atom stereocenters. The number of benzene rings is 1. The normalized spacial score (nSPS) is 15.8. The van der Waals surface area contributed by atoms with Gasteiger partial charge in [0, 0.05) is 19.5 Å². The van der Waals surface area contributed by atoms with E-state index in [1.54, 1.807) is 6.07 Å². The highest BCUT2D eigenvalue weighted by atomic mass is 32.1. The zero-order valence-electron chi connectivity index (χ0n) is 17.7. The van der Waals surface area contributed by atoms with Crippen molar-refractivity contribution in [3.8, 4) is 0 Å². The number of aryl methyl sites for hydroxylation is 1. The maximum absolute atomic E-state index is 13.6. The lowest BCUT2D eigenvalue weighted by Gasteiger charge is -2.26. The second-order valence-electron chi connectivity index (χ2n) is 7.68. The molecular weight excluding hydrogens is 417 g/mol. The van der Waals surface area contributed by atoms with Crippen molar-refractivity contribution in [3.05, 3.63) is 46.3 Å². The molecule has 1 fully saturated rings. The van der Waals surface area contributed by atoms with Crippen LogP contribution in [0.1, 0.15) is 46.9 Å². The van der Waals surface area contributed by atoms with Gasteiger partial charge in [-0.05, 0) is 44.5 Å². The number of hydrogen-bond donors (Lipinski definition) is 1. The van der Waals surface area contributed by atoms with Crippen LogP contribution in [0.15, 0.2) is 24.3 Å². The molecule has 1 saturated heterocycles. The van der Waals surface area contributed by atoms with Crippen molar-refractivity contribution in [2.45, 2.75) is 32.7 Å². The average molecular weight is 444 g/mol. The molecule has 0 unspecified atom stereocenters. The minimum Gasteiger partial charge on any atom is -0.379 e. The number of fused-ring (bicyclic) bond motifs is 1. The van der Waals surface area contributed by atoms with Crippen LogP contribution in [0.5, 0.6) is 0 Å². The molecule has 7 nitrogen and oxygen atoms in total. The number of anilines is 1. The van der Waals surface area contributed by atoms with Gasteiger partial charge >= 0.3 is 0 Å². The van der Waals surface area contributed by atoms with E-state index in [-0.39, 0.29) is 17.6 Å². The number of Topliss-reactive ketones (excluding diaryl/α,β-unsaturated/α-hetero) is 1. The lowest BCUT2D eigenvalue weighted by molar-refractivity contribution is 0.0371. The van der Waals surface area contributed by atoms with Gasteiger partial charge in [-0.3, -0.25) is 9.69 Å². The van der Waals surface area contributed by atoms with E-state index in [9.17, 15) is 9.18 Å². The first-order valence-electron chi connectivity index (χ1n) is 10.5. The molecule has 1 aromatic carbocycles. The predicted molar refractivity (Wildman–Crippen MR) is 119 cm³/mol. The van der Waals surface area contributed by atoms with Crippen LogP contribution in [-0.4, -0.2) is 58.5 Å². The molecule has 1 aliphatic heterocycles. The summed E-state index contributed by atoms with van der Waals surface area (Å²) >= 11 is 1.43. The number of thiazole rings is 1. The zero-order chi connectivity index (χ0) is 21.8. The van der Waals surface area contributed by atoms with Crippen LogP contribution in [0, 0.1) is 12.7 Å². The molecule has 164 valence electrons. The smallest absolute Gasteiger partial charge is 0.225 e. The van der Waals surface area contributed by atoms with Crippen molar-refractivity contribution < 1.29 is 13.9 Å². The fourth-order valence-electron chi connectivity index (χ4n) is 3.64. The van der Waals surface area contributed by atoms with Crippen molar-refractivity contribution in [1.29, 1.82) is 0 Å². The summed E-state index contributed by atoms with van der Waals surface area (Å²) in [5, 5.41) is 4.03. The van der Waals surface area contributed by atoms with Gasteiger partial charge < -0.3 is 10.1 Å². The largest absolute Gasteiger partial charge is 0.379 e. The Morgan fingerprint density at radius 2 is 2.10 bits per heavy atom. The van der Waals surface area contributed by atoms with Crippen LogP contribution in [-0.2, 0) is 4.74 Å². The quantitative estimate of drug-likeness (QED) is 0.527. The number of rotatable bonds is 8. The van der Waals surface area contributed by atoms with Crippen LogP contribution in [0.3, 0.4) is 0 Å². The van der Waals surface area contributed by atoms with E-state index in [1.807, 2.05) is 19.9 Å². The van der Waals surface area contributed by atoms with Crippen molar-refractivity contribution in [1.82, 2.24) is 19.9 Å². The number of aromatic nitrogens is 3. The monoisotopic (exact) mass is 443 g/mol. The molecule has 0 spiro atoms. The SMILES string of the molecule is Cc1nc2nc(N[C@@H](C)c3cccc(F)c3)nc(C(=O)CCCN3CCOCC3)c2s1. The summed E-state index contributed by atoms with van der Waals surface area (Å²) in [6.45, 7) is 7.98. The van der Waals surface area contributed by atoms with E-state index in [0.29, 0.717) is 23.7 Å². The highest BCUT2D eigenvalue weighted by Gasteiger charge is 2.20. The number of ketones is 1. The van der Waals surface area contributed by atoms with E-state index in [2.05, 4.69) is 25.2 Å². The molecule has 1 aliphatic rings. The third-order valence-corrected chi connectivity index (χ3v) is 6.27. The molecule has 0 aliphatic carbocycles. The molecule has 9 heteroatoms. The summed E-state index contributed by atoms with van der Waals surface area (Å²) in [5.41, 5.74) is 1.70. The summed E-state index contributed by atoms with van der Waals surface area (Å²) in [4.78, 5) is 28.8. The molecular formula is C22H26FN5O2S. The Morgan fingerprint density at radius 1 is 1.29 bits per heavy atom. The fourth-order valence-corrected chi connectivity index (χ4v) is 4.51. The van der Waals surface area contributed by atoms with Gasteiger partial charge in [0.25, 0.3) is 0 Å². The lowest BCUT2D eigenvalue weighted by atomic mass is 10.1. The Hall–Kier alpha value is -2.49. The summed E-state index contributed by atoms with van der Waals surface area (Å²) in [6.07, 6.45) is 1.18. The van der Waals surface area contributed by atoms with Gasteiger partial charge in [0.15, 0.2) is 11.4 Å². The second kappa shape index (κ2) is 9.76. The molecule has 31 heavy (non-hydrogen) atoms. The Labute approximate surface area is 184 Å². The van der Waals surface area contributed by atoms with Gasteiger partial charge in [-0.1, -0.05) is 12.1 Å². The minimum atomic E-state index is -0.297. The van der Waals surface area contributed by atoms with E-state index in [1.165, 1.54) is 23.5 Å². The van der Waals surface area contributed by atoms with Gasteiger partial charge in [0.1, 0.15) is 16.2 Å². The van der Waals surface area contributed by atoms with Gasteiger partial charge in [-0.25, -0.2) is 14.4 Å². The van der Waals surface area contributed by atoms with Gasteiger partial charge in [-0.15, -0.1) is 11.3 Å². The molecule has 0 saturated carbocycles. The molecule has 4 rings (SSSR count). The topological polar surface area (TPSA) is 80.2 Å². The van der Waals surface area contributed by atoms with Crippen LogP contribution in [0.25, 0.3) is 10.3 Å². The number of nitrogens with one attached hydrogen (secondary N) is 1. The molecule has 0 amide bonds. The highest BCUT2D eigenvalue weighted by molar-refractivity contribution is 7.18. The summed E-state index contributed by atoms with van der Waals surface area (Å²) in [5.74, 6) is 0.0191. The minimum absolute atomic E-state index is 0.00855. The molecule has 2 aromatic heterocycles. The summed E-state index contributed by atoms with van der Waals surface area (Å²) < 4.78 is 19.7. The average Bonchev–Trinajstić information content (AvgIpc) is 3.13. The van der Waals surface area contributed by atoms with Crippen molar-refractivity contribution in [3.63, 3.8) is 0 Å². The van der Waals surface area contributed by atoms with Gasteiger partial charge in [0.05, 0.1) is 24.3 Å². The predicted octanol–water partition coefficient (Wildman–Crippen LogP) is 4.00. The first-order chi connectivity index (χ1) is 15.0. The van der Waals surface area contributed by atoms with E-state index >= 15 is 0 Å².